The van der Waals surface area contributed by atoms with Crippen molar-refractivity contribution in [1.82, 2.24) is 4.57 Å². The van der Waals surface area contributed by atoms with Crippen molar-refractivity contribution in [3.63, 3.8) is 0 Å². The highest BCUT2D eigenvalue weighted by atomic mass is 32.2. The second-order valence-electron chi connectivity index (χ2n) is 4.76. The lowest BCUT2D eigenvalue weighted by molar-refractivity contribution is -0.113. The lowest BCUT2D eigenvalue weighted by Gasteiger charge is -2.12. The molecule has 1 fully saturated rings. The molecule has 1 aromatic heterocycles. The zero-order valence-corrected chi connectivity index (χ0v) is 13.0. The minimum Gasteiger partial charge on any atom is -0.497 e. The van der Waals surface area contributed by atoms with Crippen LogP contribution < -0.4 is 9.64 Å². The van der Waals surface area contributed by atoms with Gasteiger partial charge in [-0.05, 0) is 54.2 Å². The third-order valence-corrected chi connectivity index (χ3v) is 4.26. The van der Waals surface area contributed by atoms with Crippen LogP contribution in [-0.4, -0.2) is 22.8 Å². The number of nitrogens with zero attached hydrogens (tertiary/aromatic N) is 2. The van der Waals surface area contributed by atoms with E-state index in [9.17, 15) is 9.59 Å². The van der Waals surface area contributed by atoms with Gasteiger partial charge in [0.1, 0.15) is 5.75 Å². The third-order valence-electron chi connectivity index (χ3n) is 3.39. The van der Waals surface area contributed by atoms with Crippen molar-refractivity contribution < 1.29 is 14.3 Å². The Morgan fingerprint density at radius 3 is 2.45 bits per heavy atom. The zero-order valence-electron chi connectivity index (χ0n) is 12.1. The van der Waals surface area contributed by atoms with Gasteiger partial charge in [0.15, 0.2) is 0 Å². The van der Waals surface area contributed by atoms with Gasteiger partial charge >= 0.3 is 0 Å². The highest BCUT2D eigenvalue weighted by Gasteiger charge is 2.36. The smallest absolute Gasteiger partial charge is 0.298 e. The quantitative estimate of drug-likeness (QED) is 0.816. The summed E-state index contributed by atoms with van der Waals surface area (Å²) in [7, 11) is 3.46. The lowest BCUT2D eigenvalue weighted by atomic mass is 10.2. The summed E-state index contributed by atoms with van der Waals surface area (Å²) in [5, 5.41) is -0.296. The van der Waals surface area contributed by atoms with Gasteiger partial charge in [-0.25, -0.2) is 4.90 Å². The fourth-order valence-corrected chi connectivity index (χ4v) is 3.01. The van der Waals surface area contributed by atoms with E-state index in [1.807, 2.05) is 29.9 Å². The largest absolute Gasteiger partial charge is 0.497 e. The molecule has 1 aliphatic heterocycles. The van der Waals surface area contributed by atoms with E-state index in [0.717, 1.165) is 17.5 Å². The van der Waals surface area contributed by atoms with Crippen LogP contribution in [0.4, 0.5) is 10.5 Å². The number of benzene rings is 1. The molecule has 0 N–H and O–H groups in total. The van der Waals surface area contributed by atoms with Gasteiger partial charge in [-0.2, -0.15) is 0 Å². The monoisotopic (exact) mass is 314 g/mol. The number of anilines is 1. The summed E-state index contributed by atoms with van der Waals surface area (Å²) in [6, 6.07) is 10.6. The third kappa shape index (κ3) is 2.53. The van der Waals surface area contributed by atoms with Crippen molar-refractivity contribution in [3.8, 4) is 5.75 Å². The molecule has 3 rings (SSSR count). The summed E-state index contributed by atoms with van der Waals surface area (Å²) in [4.78, 5) is 26.2. The molecule has 0 atom stereocenters. The van der Waals surface area contributed by atoms with Gasteiger partial charge in [-0.15, -0.1) is 0 Å². The fraction of sp³-hybridized carbons (Fsp3) is 0.125. The average molecular weight is 314 g/mol. The van der Waals surface area contributed by atoms with E-state index in [-0.39, 0.29) is 11.1 Å². The summed E-state index contributed by atoms with van der Waals surface area (Å²) in [6.45, 7) is 0. The topological polar surface area (TPSA) is 51.5 Å². The van der Waals surface area contributed by atoms with Crippen LogP contribution in [0.25, 0.3) is 6.08 Å². The minimum absolute atomic E-state index is 0.296. The van der Waals surface area contributed by atoms with Crippen molar-refractivity contribution in [2.45, 2.75) is 0 Å². The number of methoxy groups -OCH3 is 1. The first kappa shape index (κ1) is 14.5. The highest BCUT2D eigenvalue weighted by molar-refractivity contribution is 8.19. The molecule has 0 saturated carbocycles. The Bertz CT molecular complexity index is 762. The number of hydrogen-bond acceptors (Lipinski definition) is 4. The second kappa shape index (κ2) is 5.73. The zero-order chi connectivity index (χ0) is 15.7. The number of amides is 2. The van der Waals surface area contributed by atoms with Gasteiger partial charge in [0.2, 0.25) is 0 Å². The maximum Gasteiger partial charge on any atom is 0.298 e. The molecule has 1 aliphatic rings. The van der Waals surface area contributed by atoms with E-state index >= 15 is 0 Å². The standard InChI is InChI=1S/C16H14N2O3S/c1-17-9-3-4-12(17)10-14-15(19)18(16(20)22-14)11-5-7-13(21-2)8-6-11/h3-10H,1-2H3/b14-10+. The van der Waals surface area contributed by atoms with E-state index in [4.69, 9.17) is 4.74 Å². The Morgan fingerprint density at radius 2 is 1.86 bits per heavy atom. The van der Waals surface area contributed by atoms with Gasteiger partial charge in [0, 0.05) is 18.9 Å². The Labute approximate surface area is 132 Å². The van der Waals surface area contributed by atoms with Crippen molar-refractivity contribution in [2.24, 2.45) is 7.05 Å². The van der Waals surface area contributed by atoms with E-state index in [0.29, 0.717) is 16.3 Å². The van der Waals surface area contributed by atoms with E-state index < -0.39 is 0 Å². The molecule has 1 saturated heterocycles. The van der Waals surface area contributed by atoms with Crippen LogP contribution in [0.3, 0.4) is 0 Å². The fourth-order valence-electron chi connectivity index (χ4n) is 2.18. The summed E-state index contributed by atoms with van der Waals surface area (Å²) < 4.78 is 6.97. The number of carbonyl (C=O) groups is 2. The van der Waals surface area contributed by atoms with Gasteiger partial charge in [-0.1, -0.05) is 0 Å². The molecular weight excluding hydrogens is 300 g/mol. The predicted molar refractivity (Wildman–Crippen MR) is 86.9 cm³/mol. The molecule has 0 bridgehead atoms. The maximum atomic E-state index is 12.5. The number of thioether (sulfide) groups is 1. The maximum absolute atomic E-state index is 12.5. The summed E-state index contributed by atoms with van der Waals surface area (Å²) in [6.07, 6.45) is 3.62. The molecular formula is C16H14N2O3S. The van der Waals surface area contributed by atoms with Crippen molar-refractivity contribution >= 4 is 34.7 Å². The van der Waals surface area contributed by atoms with Crippen LogP contribution in [0.15, 0.2) is 47.5 Å². The molecule has 0 unspecified atom stereocenters. The van der Waals surface area contributed by atoms with Crippen LogP contribution in [-0.2, 0) is 11.8 Å². The number of hydrogen-bond donors (Lipinski definition) is 0. The van der Waals surface area contributed by atoms with E-state index in [1.165, 1.54) is 4.90 Å². The van der Waals surface area contributed by atoms with Crippen LogP contribution >= 0.6 is 11.8 Å². The molecule has 2 aromatic rings. The minimum atomic E-state index is -0.304. The predicted octanol–water partition coefficient (Wildman–Crippen LogP) is 3.27. The molecule has 0 spiro atoms. The SMILES string of the molecule is COc1ccc(N2C(=O)S/C(=C/c3cccn3C)C2=O)cc1. The number of aromatic nitrogens is 1. The summed E-state index contributed by atoms with van der Waals surface area (Å²) in [5.41, 5.74) is 1.42. The molecule has 1 aromatic carbocycles. The molecule has 0 radical (unpaired) electrons. The lowest BCUT2D eigenvalue weighted by Crippen LogP contribution is -2.27. The normalized spacial score (nSPS) is 16.6. The first-order chi connectivity index (χ1) is 10.6. The van der Waals surface area contributed by atoms with Crippen molar-refractivity contribution in [3.05, 3.63) is 53.2 Å². The Kier molecular flexibility index (Phi) is 3.77. The number of imide groups is 1. The highest BCUT2D eigenvalue weighted by Crippen LogP contribution is 2.36. The Hall–Kier alpha value is -2.47. The van der Waals surface area contributed by atoms with E-state index in [2.05, 4.69) is 0 Å². The Balaban J connectivity index is 1.91. The number of carbonyl (C=O) groups excluding carboxylic acids is 2. The van der Waals surface area contributed by atoms with Crippen LogP contribution in [0.2, 0.25) is 0 Å². The molecule has 22 heavy (non-hydrogen) atoms. The number of aryl methyl sites for hydroxylation is 1. The first-order valence-electron chi connectivity index (χ1n) is 6.63. The molecule has 0 aliphatic carbocycles. The second-order valence-corrected chi connectivity index (χ2v) is 5.75. The number of rotatable bonds is 3. The van der Waals surface area contributed by atoms with Crippen LogP contribution in [0, 0.1) is 0 Å². The summed E-state index contributed by atoms with van der Waals surface area (Å²) in [5.74, 6) is 0.372. The molecule has 2 amide bonds. The number of ether oxygens (including phenoxy) is 1. The van der Waals surface area contributed by atoms with Crippen LogP contribution in [0.5, 0.6) is 5.75 Å². The average Bonchev–Trinajstić information content (AvgIpc) is 3.04. The van der Waals surface area contributed by atoms with Crippen LogP contribution in [0.1, 0.15) is 5.69 Å². The van der Waals surface area contributed by atoms with Gasteiger partial charge < -0.3 is 9.30 Å². The summed E-state index contributed by atoms with van der Waals surface area (Å²) >= 11 is 0.947. The molecule has 2 heterocycles. The van der Waals surface area contributed by atoms with Crippen molar-refractivity contribution in [1.29, 1.82) is 0 Å². The van der Waals surface area contributed by atoms with Gasteiger partial charge in [0.25, 0.3) is 11.1 Å². The first-order valence-corrected chi connectivity index (χ1v) is 7.45. The van der Waals surface area contributed by atoms with Crippen molar-refractivity contribution in [2.75, 3.05) is 12.0 Å². The molecule has 6 heteroatoms. The van der Waals surface area contributed by atoms with Gasteiger partial charge in [0.05, 0.1) is 17.7 Å². The molecule has 112 valence electrons. The Morgan fingerprint density at radius 1 is 1.14 bits per heavy atom. The molecule has 5 nitrogen and oxygen atoms in total. The van der Waals surface area contributed by atoms with Gasteiger partial charge in [-0.3, -0.25) is 9.59 Å². The van der Waals surface area contributed by atoms with E-state index in [1.54, 1.807) is 37.5 Å².